The van der Waals surface area contributed by atoms with Crippen LogP contribution < -0.4 is 16.0 Å². The van der Waals surface area contributed by atoms with Crippen molar-refractivity contribution in [3.63, 3.8) is 0 Å². The van der Waals surface area contributed by atoms with Crippen LogP contribution in [-0.4, -0.2) is 49.7 Å². The Labute approximate surface area is 200 Å². The fourth-order valence-corrected chi connectivity index (χ4v) is 4.21. The van der Waals surface area contributed by atoms with Gasteiger partial charge in [-0.1, -0.05) is 52.0 Å². The number of anilines is 2. The number of benzene rings is 2. The number of hydrogen-bond donors (Lipinski definition) is 3. The van der Waals surface area contributed by atoms with Crippen LogP contribution in [0.25, 0.3) is 0 Å². The van der Waals surface area contributed by atoms with Gasteiger partial charge in [0.1, 0.15) is 12.2 Å². The van der Waals surface area contributed by atoms with Crippen molar-refractivity contribution in [1.29, 1.82) is 0 Å². The maximum atomic E-state index is 12.5. The maximum absolute atomic E-state index is 12.5. The molecule has 0 bridgehead atoms. The van der Waals surface area contributed by atoms with Crippen LogP contribution in [0.4, 0.5) is 21.0 Å². The summed E-state index contributed by atoms with van der Waals surface area (Å²) in [5.74, 6) is 0.847. The van der Waals surface area contributed by atoms with Crippen molar-refractivity contribution in [2.75, 3.05) is 23.8 Å². The summed E-state index contributed by atoms with van der Waals surface area (Å²) in [6.45, 7) is 8.98. The van der Waals surface area contributed by atoms with Gasteiger partial charge in [-0.2, -0.15) is 0 Å². The largest absolute Gasteiger partial charge is 0.441 e. The highest BCUT2D eigenvalue weighted by Crippen LogP contribution is 2.29. The molecule has 8 nitrogen and oxygen atoms in total. The van der Waals surface area contributed by atoms with Gasteiger partial charge in [-0.3, -0.25) is 5.32 Å². The lowest BCUT2D eigenvalue weighted by atomic mass is 10.0. The van der Waals surface area contributed by atoms with Crippen molar-refractivity contribution in [3.8, 4) is 0 Å². The Balaban J connectivity index is 1.25. The standard InChI is InChI=1S/C26H33N3O5/c1-15(2)17-5-9-19(10-6-17)27-25(30)29-21-13-32-24-22(14-33-23(21)24)34-26(31)28-20-11-7-18(8-12-20)16(3)4/h5-12,15-16,21-24H,13-14H2,1-4H3,(H,28,31)(H2,27,29,30)/t21-,22+,23+,24+/m0/s1. The van der Waals surface area contributed by atoms with E-state index in [4.69, 9.17) is 14.2 Å². The molecule has 2 heterocycles. The molecule has 2 aromatic carbocycles. The summed E-state index contributed by atoms with van der Waals surface area (Å²) in [6, 6.07) is 14.8. The predicted molar refractivity (Wildman–Crippen MR) is 130 cm³/mol. The van der Waals surface area contributed by atoms with Crippen molar-refractivity contribution >= 4 is 23.5 Å². The highest BCUT2D eigenvalue weighted by atomic mass is 16.6. The van der Waals surface area contributed by atoms with E-state index in [2.05, 4.69) is 43.6 Å². The Morgan fingerprint density at radius 3 is 1.88 bits per heavy atom. The quantitative estimate of drug-likeness (QED) is 0.565. The normalized spacial score (nSPS) is 23.6. The lowest BCUT2D eigenvalue weighted by Gasteiger charge is -2.18. The van der Waals surface area contributed by atoms with Gasteiger partial charge in [-0.25, -0.2) is 9.59 Å². The molecule has 34 heavy (non-hydrogen) atoms. The first-order valence-corrected chi connectivity index (χ1v) is 11.8. The molecule has 4 atom stereocenters. The Kier molecular flexibility index (Phi) is 7.38. The lowest BCUT2D eigenvalue weighted by molar-refractivity contribution is 0.00873. The van der Waals surface area contributed by atoms with Crippen LogP contribution in [0.2, 0.25) is 0 Å². The Hall–Kier alpha value is -3.10. The zero-order valence-electron chi connectivity index (χ0n) is 20.0. The third-order valence-corrected chi connectivity index (χ3v) is 6.24. The summed E-state index contributed by atoms with van der Waals surface area (Å²) >= 11 is 0. The molecule has 4 rings (SSSR count). The van der Waals surface area contributed by atoms with Crippen LogP contribution in [0.15, 0.2) is 48.5 Å². The summed E-state index contributed by atoms with van der Waals surface area (Å²) in [5.41, 5.74) is 3.78. The van der Waals surface area contributed by atoms with Gasteiger partial charge in [-0.05, 0) is 47.2 Å². The molecule has 3 amide bonds. The lowest BCUT2D eigenvalue weighted by Crippen LogP contribution is -2.46. The molecular formula is C26H33N3O5. The zero-order valence-corrected chi connectivity index (χ0v) is 20.0. The van der Waals surface area contributed by atoms with E-state index in [1.807, 2.05) is 48.5 Å². The van der Waals surface area contributed by atoms with Gasteiger partial charge < -0.3 is 24.8 Å². The van der Waals surface area contributed by atoms with E-state index in [9.17, 15) is 9.59 Å². The number of carbonyl (C=O) groups excluding carboxylic acids is 2. The molecule has 0 radical (unpaired) electrons. The zero-order chi connectivity index (χ0) is 24.2. The molecule has 0 spiro atoms. The Morgan fingerprint density at radius 2 is 1.32 bits per heavy atom. The Morgan fingerprint density at radius 1 is 0.794 bits per heavy atom. The summed E-state index contributed by atoms with van der Waals surface area (Å²) in [6.07, 6.45) is -1.91. The SMILES string of the molecule is CC(C)c1ccc(NC(=O)N[C@H]2CO[C@H]3[C@@H]2OC[C@H]3OC(=O)Nc2ccc(C(C)C)cc2)cc1. The van der Waals surface area contributed by atoms with Crippen molar-refractivity contribution in [1.82, 2.24) is 5.32 Å². The van der Waals surface area contributed by atoms with E-state index < -0.39 is 18.3 Å². The second kappa shape index (κ2) is 10.4. The van der Waals surface area contributed by atoms with Crippen LogP contribution >= 0.6 is 0 Å². The topological polar surface area (TPSA) is 97.9 Å². The van der Waals surface area contributed by atoms with Crippen LogP contribution in [0.1, 0.15) is 50.7 Å². The molecule has 0 unspecified atom stereocenters. The highest BCUT2D eigenvalue weighted by Gasteiger charge is 2.50. The first kappa shape index (κ1) is 24.0. The molecule has 2 aliphatic heterocycles. The number of amides is 3. The average molecular weight is 468 g/mol. The number of urea groups is 1. The molecule has 0 aromatic heterocycles. The second-order valence-electron chi connectivity index (χ2n) is 9.42. The summed E-state index contributed by atoms with van der Waals surface area (Å²) in [4.78, 5) is 24.9. The van der Waals surface area contributed by atoms with Crippen molar-refractivity contribution in [3.05, 3.63) is 59.7 Å². The summed E-state index contributed by atoms with van der Waals surface area (Å²) in [7, 11) is 0. The highest BCUT2D eigenvalue weighted by molar-refractivity contribution is 5.89. The smallest absolute Gasteiger partial charge is 0.412 e. The van der Waals surface area contributed by atoms with Gasteiger partial charge in [0.05, 0.1) is 19.3 Å². The minimum absolute atomic E-state index is 0.214. The number of fused-ring (bicyclic) bond motifs is 1. The molecule has 3 N–H and O–H groups in total. The molecule has 8 heteroatoms. The molecule has 0 saturated carbocycles. The van der Waals surface area contributed by atoms with Crippen molar-refractivity contribution < 1.29 is 23.8 Å². The first-order valence-electron chi connectivity index (χ1n) is 11.8. The fraction of sp³-hybridized carbons (Fsp3) is 0.462. The van der Waals surface area contributed by atoms with Crippen LogP contribution in [-0.2, 0) is 14.2 Å². The third-order valence-electron chi connectivity index (χ3n) is 6.24. The van der Waals surface area contributed by atoms with E-state index >= 15 is 0 Å². The molecule has 2 saturated heterocycles. The number of ether oxygens (including phenoxy) is 3. The maximum Gasteiger partial charge on any atom is 0.412 e. The monoisotopic (exact) mass is 467 g/mol. The van der Waals surface area contributed by atoms with Gasteiger partial charge in [0.15, 0.2) is 6.10 Å². The van der Waals surface area contributed by atoms with E-state index in [0.29, 0.717) is 23.2 Å². The number of nitrogens with one attached hydrogen (secondary N) is 3. The van der Waals surface area contributed by atoms with Gasteiger partial charge >= 0.3 is 12.1 Å². The molecule has 2 aromatic rings. The van der Waals surface area contributed by atoms with E-state index in [-0.39, 0.29) is 31.4 Å². The predicted octanol–water partition coefficient (Wildman–Crippen LogP) is 4.84. The number of hydrogen-bond acceptors (Lipinski definition) is 5. The molecule has 2 fully saturated rings. The summed E-state index contributed by atoms with van der Waals surface area (Å²) in [5, 5.41) is 8.49. The fourth-order valence-electron chi connectivity index (χ4n) is 4.21. The van der Waals surface area contributed by atoms with Gasteiger partial charge in [0.2, 0.25) is 0 Å². The summed E-state index contributed by atoms with van der Waals surface area (Å²) < 4.78 is 17.2. The van der Waals surface area contributed by atoms with Crippen molar-refractivity contribution in [2.45, 2.75) is 63.9 Å². The van der Waals surface area contributed by atoms with Gasteiger partial charge in [0, 0.05) is 11.4 Å². The second-order valence-corrected chi connectivity index (χ2v) is 9.42. The minimum atomic E-state index is -0.561. The van der Waals surface area contributed by atoms with Gasteiger partial charge in [-0.15, -0.1) is 0 Å². The Bertz CT molecular complexity index is 909. The van der Waals surface area contributed by atoms with Crippen LogP contribution in [0.5, 0.6) is 0 Å². The van der Waals surface area contributed by atoms with Crippen LogP contribution in [0, 0.1) is 0 Å². The third kappa shape index (κ3) is 5.69. The number of carbonyl (C=O) groups is 2. The van der Waals surface area contributed by atoms with Crippen molar-refractivity contribution in [2.24, 2.45) is 0 Å². The average Bonchev–Trinajstić information content (AvgIpc) is 3.38. The first-order chi connectivity index (χ1) is 16.3. The van der Waals surface area contributed by atoms with E-state index in [0.717, 1.165) is 0 Å². The number of rotatable bonds is 6. The van der Waals surface area contributed by atoms with Crippen LogP contribution in [0.3, 0.4) is 0 Å². The molecule has 2 aliphatic rings. The molecular weight excluding hydrogens is 434 g/mol. The van der Waals surface area contributed by atoms with E-state index in [1.54, 1.807) is 0 Å². The molecule has 0 aliphatic carbocycles. The van der Waals surface area contributed by atoms with E-state index in [1.165, 1.54) is 11.1 Å². The van der Waals surface area contributed by atoms with Gasteiger partial charge in [0.25, 0.3) is 0 Å². The molecule has 182 valence electrons. The minimum Gasteiger partial charge on any atom is -0.441 e.